The number of carbonyl (C=O) groups excluding carboxylic acids is 1. The lowest BCUT2D eigenvalue weighted by atomic mass is 9.95. The van der Waals surface area contributed by atoms with Gasteiger partial charge in [0.25, 0.3) is 0 Å². The van der Waals surface area contributed by atoms with Crippen LogP contribution in [0.3, 0.4) is 0 Å². The van der Waals surface area contributed by atoms with Crippen LogP contribution in [0.5, 0.6) is 0 Å². The van der Waals surface area contributed by atoms with E-state index in [2.05, 4.69) is 15.3 Å². The van der Waals surface area contributed by atoms with Crippen molar-refractivity contribution in [3.8, 4) is 0 Å². The minimum Gasteiger partial charge on any atom is -0.466 e. The maximum atomic E-state index is 13.4. The predicted octanol–water partition coefficient (Wildman–Crippen LogP) is 3.41. The number of nitrogens with zero attached hydrogens (tertiary/aromatic N) is 2. The van der Waals surface area contributed by atoms with Gasteiger partial charge in [0.05, 0.1) is 12.7 Å². The molecular formula is C18H15ClFN3O2. The Hall–Kier alpha value is -2.73. The summed E-state index contributed by atoms with van der Waals surface area (Å²) < 4.78 is 18.3. The minimum atomic E-state index is -0.723. The Bertz CT molecular complexity index is 881. The first-order valence-corrected chi connectivity index (χ1v) is 7.89. The first kappa shape index (κ1) is 17.1. The average Bonchev–Trinajstić information content (AvgIpc) is 2.61. The lowest BCUT2D eigenvalue weighted by molar-refractivity contribution is -0.136. The van der Waals surface area contributed by atoms with Gasteiger partial charge in [-0.1, -0.05) is 23.7 Å². The molecule has 0 aliphatic carbocycles. The van der Waals surface area contributed by atoms with Crippen LogP contribution in [-0.2, 0) is 9.53 Å². The van der Waals surface area contributed by atoms with Crippen molar-refractivity contribution in [3.63, 3.8) is 0 Å². The lowest BCUT2D eigenvalue weighted by Gasteiger charge is -2.26. The number of ether oxygens (including phenoxy) is 1. The molecule has 25 heavy (non-hydrogen) atoms. The van der Waals surface area contributed by atoms with E-state index in [9.17, 15) is 9.18 Å². The van der Waals surface area contributed by atoms with E-state index in [1.807, 2.05) is 6.07 Å². The largest absolute Gasteiger partial charge is 0.466 e. The molecule has 7 heteroatoms. The molecule has 0 unspecified atom stereocenters. The molecule has 1 aliphatic rings. The number of hydrogen-bond donors (Lipinski definition) is 1. The second kappa shape index (κ2) is 7.03. The first-order valence-electron chi connectivity index (χ1n) is 7.51. The number of allylic oxidation sites excluding steroid dienone is 1. The van der Waals surface area contributed by atoms with Gasteiger partial charge in [-0.05, 0) is 31.2 Å². The molecule has 0 radical (unpaired) electrons. The molecule has 2 heterocycles. The van der Waals surface area contributed by atoms with Crippen molar-refractivity contribution in [2.75, 3.05) is 7.11 Å². The monoisotopic (exact) mass is 359 g/mol. The van der Waals surface area contributed by atoms with Crippen LogP contribution in [0.2, 0.25) is 5.02 Å². The molecule has 128 valence electrons. The molecule has 1 aromatic carbocycles. The Morgan fingerprint density at radius 1 is 1.32 bits per heavy atom. The van der Waals surface area contributed by atoms with E-state index in [4.69, 9.17) is 16.3 Å². The van der Waals surface area contributed by atoms with Crippen LogP contribution >= 0.6 is 11.6 Å². The molecule has 0 saturated heterocycles. The van der Waals surface area contributed by atoms with Gasteiger partial charge in [0.2, 0.25) is 0 Å². The number of methoxy groups -OCH3 is 1. The SMILES string of the molecule is COC(=O)C1=C(C)NC(c2ccccn2)=N[C@H]1c1ccc(F)cc1Cl. The van der Waals surface area contributed by atoms with E-state index in [-0.39, 0.29) is 5.02 Å². The smallest absolute Gasteiger partial charge is 0.338 e. The van der Waals surface area contributed by atoms with E-state index in [0.29, 0.717) is 28.4 Å². The van der Waals surface area contributed by atoms with Gasteiger partial charge >= 0.3 is 5.97 Å². The minimum absolute atomic E-state index is 0.185. The topological polar surface area (TPSA) is 63.6 Å². The fourth-order valence-electron chi connectivity index (χ4n) is 2.63. The molecule has 1 N–H and O–H groups in total. The Labute approximate surface area is 149 Å². The molecule has 1 aromatic heterocycles. The van der Waals surface area contributed by atoms with Crippen LogP contribution in [0.15, 0.2) is 58.9 Å². The standard InChI is InChI=1S/C18H15ClFN3O2/c1-10-15(18(24)25-2)16(12-7-6-11(20)9-13(12)19)23-17(22-10)14-5-3-4-8-21-14/h3-9,16H,1-2H3,(H,22,23)/t16-/m0/s1. The Balaban J connectivity index is 2.14. The van der Waals surface area contributed by atoms with Gasteiger partial charge in [0.1, 0.15) is 17.6 Å². The molecule has 5 nitrogen and oxygen atoms in total. The zero-order chi connectivity index (χ0) is 18.0. The van der Waals surface area contributed by atoms with Gasteiger partial charge in [-0.15, -0.1) is 0 Å². The number of aromatic nitrogens is 1. The van der Waals surface area contributed by atoms with E-state index in [0.717, 1.165) is 0 Å². The van der Waals surface area contributed by atoms with E-state index in [1.54, 1.807) is 25.3 Å². The molecule has 0 fully saturated rings. The zero-order valence-electron chi connectivity index (χ0n) is 13.6. The molecule has 0 bridgehead atoms. The highest BCUT2D eigenvalue weighted by atomic mass is 35.5. The number of hydrogen-bond acceptors (Lipinski definition) is 5. The summed E-state index contributed by atoms with van der Waals surface area (Å²) in [4.78, 5) is 21.1. The highest BCUT2D eigenvalue weighted by molar-refractivity contribution is 6.31. The van der Waals surface area contributed by atoms with Gasteiger partial charge in [-0.25, -0.2) is 9.18 Å². The third kappa shape index (κ3) is 3.39. The molecule has 2 aromatic rings. The number of pyridine rings is 1. The average molecular weight is 360 g/mol. The van der Waals surface area contributed by atoms with Gasteiger partial charge in [0, 0.05) is 22.5 Å². The van der Waals surface area contributed by atoms with Gasteiger partial charge < -0.3 is 10.1 Å². The summed E-state index contributed by atoms with van der Waals surface area (Å²) >= 11 is 6.20. The molecule has 3 rings (SSSR count). The third-order valence-corrected chi connectivity index (χ3v) is 4.14. The first-order chi connectivity index (χ1) is 12.0. The number of amidine groups is 1. The van der Waals surface area contributed by atoms with Crippen molar-refractivity contribution >= 4 is 23.4 Å². The fraction of sp³-hybridized carbons (Fsp3) is 0.167. The third-order valence-electron chi connectivity index (χ3n) is 3.81. The van der Waals surface area contributed by atoms with Gasteiger partial charge in [-0.2, -0.15) is 0 Å². The fourth-order valence-corrected chi connectivity index (χ4v) is 2.90. The summed E-state index contributed by atoms with van der Waals surface area (Å²) in [7, 11) is 1.30. The molecule has 0 amide bonds. The van der Waals surface area contributed by atoms with E-state index < -0.39 is 17.8 Å². The summed E-state index contributed by atoms with van der Waals surface area (Å²) in [6.07, 6.45) is 1.65. The Morgan fingerprint density at radius 3 is 2.76 bits per heavy atom. The summed E-state index contributed by atoms with van der Waals surface area (Å²) in [5.74, 6) is -0.493. The van der Waals surface area contributed by atoms with Gasteiger partial charge in [0.15, 0.2) is 5.84 Å². The summed E-state index contributed by atoms with van der Waals surface area (Å²) in [6, 6.07) is 8.70. The summed E-state index contributed by atoms with van der Waals surface area (Å²) in [6.45, 7) is 1.74. The predicted molar refractivity (Wildman–Crippen MR) is 92.8 cm³/mol. The van der Waals surface area contributed by atoms with Crippen molar-refractivity contribution in [3.05, 3.63) is 76.0 Å². The van der Waals surface area contributed by atoms with E-state index in [1.165, 1.54) is 25.3 Å². The number of benzene rings is 1. The normalized spacial score (nSPS) is 17.0. The van der Waals surface area contributed by atoms with Crippen molar-refractivity contribution in [1.29, 1.82) is 0 Å². The Kier molecular flexibility index (Phi) is 4.81. The number of halogens is 2. The van der Waals surface area contributed by atoms with Crippen LogP contribution in [0, 0.1) is 5.82 Å². The maximum absolute atomic E-state index is 13.4. The number of rotatable bonds is 3. The highest BCUT2D eigenvalue weighted by Crippen LogP contribution is 2.36. The van der Waals surface area contributed by atoms with E-state index >= 15 is 0 Å². The van der Waals surface area contributed by atoms with Crippen LogP contribution in [-0.4, -0.2) is 23.9 Å². The number of aliphatic imine (C=N–C) groups is 1. The lowest BCUT2D eigenvalue weighted by Crippen LogP contribution is -2.33. The van der Waals surface area contributed by atoms with Crippen LogP contribution in [0.25, 0.3) is 0 Å². The van der Waals surface area contributed by atoms with Crippen LogP contribution < -0.4 is 5.32 Å². The number of carbonyl (C=O) groups is 1. The zero-order valence-corrected chi connectivity index (χ0v) is 14.3. The van der Waals surface area contributed by atoms with Crippen molar-refractivity contribution in [2.45, 2.75) is 13.0 Å². The van der Waals surface area contributed by atoms with Crippen LogP contribution in [0.4, 0.5) is 4.39 Å². The van der Waals surface area contributed by atoms with Gasteiger partial charge in [-0.3, -0.25) is 9.98 Å². The molecular weight excluding hydrogens is 345 g/mol. The van der Waals surface area contributed by atoms with Crippen molar-refractivity contribution in [1.82, 2.24) is 10.3 Å². The van der Waals surface area contributed by atoms with Crippen molar-refractivity contribution < 1.29 is 13.9 Å². The second-order valence-electron chi connectivity index (χ2n) is 5.42. The summed E-state index contributed by atoms with van der Waals surface area (Å²) in [5, 5.41) is 3.26. The maximum Gasteiger partial charge on any atom is 0.338 e. The Morgan fingerprint density at radius 2 is 2.12 bits per heavy atom. The summed E-state index contributed by atoms with van der Waals surface area (Å²) in [5.41, 5.74) is 2.02. The van der Waals surface area contributed by atoms with Crippen molar-refractivity contribution in [2.24, 2.45) is 4.99 Å². The quantitative estimate of drug-likeness (QED) is 0.853. The highest BCUT2D eigenvalue weighted by Gasteiger charge is 2.31. The van der Waals surface area contributed by atoms with Crippen LogP contribution in [0.1, 0.15) is 24.2 Å². The molecule has 1 aliphatic heterocycles. The number of esters is 1. The number of nitrogens with one attached hydrogen (secondary N) is 1. The second-order valence-corrected chi connectivity index (χ2v) is 5.82. The molecule has 0 spiro atoms. The molecule has 1 atom stereocenters. The molecule has 0 saturated carbocycles.